The lowest BCUT2D eigenvalue weighted by atomic mass is 10.1. The van der Waals surface area contributed by atoms with Crippen LogP contribution < -0.4 is 16.0 Å². The first-order valence-electron chi connectivity index (χ1n) is 10.6. The number of amides is 1. The van der Waals surface area contributed by atoms with Crippen LogP contribution in [0.2, 0.25) is 0 Å². The monoisotopic (exact) mass is 405 g/mol. The molecule has 2 aromatic carbocycles. The third-order valence-corrected chi connectivity index (χ3v) is 4.84. The van der Waals surface area contributed by atoms with E-state index < -0.39 is 0 Å². The number of hydrogen-bond donors (Lipinski definition) is 3. The van der Waals surface area contributed by atoms with Gasteiger partial charge in [-0.05, 0) is 55.5 Å². The maximum atomic E-state index is 12.0. The Hall–Kier alpha value is -3.28. The number of fused-ring (bicyclic) bond motifs is 1. The van der Waals surface area contributed by atoms with Crippen LogP contribution in [0.15, 0.2) is 65.8 Å². The summed E-state index contributed by atoms with van der Waals surface area (Å²) < 4.78 is 2.29. The number of para-hydroxylation sites is 1. The minimum Gasteiger partial charge on any atom is -0.357 e. The molecule has 6 heteroatoms. The van der Waals surface area contributed by atoms with Crippen molar-refractivity contribution in [3.05, 3.63) is 71.9 Å². The Bertz CT molecular complexity index is 992. The van der Waals surface area contributed by atoms with Gasteiger partial charge in [0.25, 0.3) is 5.91 Å². The summed E-state index contributed by atoms with van der Waals surface area (Å²) in [6, 6.07) is 18.2. The van der Waals surface area contributed by atoms with Crippen LogP contribution in [0.3, 0.4) is 0 Å². The molecule has 0 radical (unpaired) electrons. The average molecular weight is 406 g/mol. The minimum atomic E-state index is -0.0501. The summed E-state index contributed by atoms with van der Waals surface area (Å²) in [6.07, 6.45) is 3.14. The Morgan fingerprint density at radius 1 is 0.967 bits per heavy atom. The van der Waals surface area contributed by atoms with Crippen molar-refractivity contribution < 1.29 is 4.79 Å². The van der Waals surface area contributed by atoms with E-state index in [0.29, 0.717) is 18.7 Å². The highest BCUT2D eigenvalue weighted by molar-refractivity contribution is 5.94. The summed E-state index contributed by atoms with van der Waals surface area (Å²) in [5.74, 6) is 0.740. The normalized spacial score (nSPS) is 11.5. The van der Waals surface area contributed by atoms with Crippen LogP contribution >= 0.6 is 0 Å². The van der Waals surface area contributed by atoms with E-state index in [1.165, 1.54) is 10.9 Å². The lowest BCUT2D eigenvalue weighted by Gasteiger charge is -2.12. The molecule has 6 nitrogen and oxygen atoms in total. The zero-order chi connectivity index (χ0) is 21.2. The number of hydrogen-bond acceptors (Lipinski definition) is 2. The number of aryl methyl sites for hydroxylation is 1. The van der Waals surface area contributed by atoms with Crippen molar-refractivity contribution in [3.63, 3.8) is 0 Å². The molecule has 1 amide bonds. The number of carbonyl (C=O) groups excluding carboxylic acids is 1. The molecule has 30 heavy (non-hydrogen) atoms. The maximum absolute atomic E-state index is 12.0. The number of carbonyl (C=O) groups is 1. The molecule has 1 heterocycles. The molecule has 0 unspecified atom stereocenters. The van der Waals surface area contributed by atoms with Crippen LogP contribution in [0.4, 0.5) is 0 Å². The standard InChI is InChI=1S/C24H31N5O/c1-3-25-23(30)21-11-7-9-19(17-21)18-28-24(26-4-2)27-14-8-15-29-16-13-20-10-5-6-12-22(20)29/h5-7,9-13,16-17H,3-4,8,14-15,18H2,1-2H3,(H,25,30)(H2,26,27,28). The van der Waals surface area contributed by atoms with Crippen molar-refractivity contribution in [2.75, 3.05) is 19.6 Å². The second-order valence-corrected chi connectivity index (χ2v) is 7.10. The predicted molar refractivity (Wildman–Crippen MR) is 124 cm³/mol. The van der Waals surface area contributed by atoms with Gasteiger partial charge in [0, 0.05) is 43.5 Å². The summed E-state index contributed by atoms with van der Waals surface area (Å²) in [5, 5.41) is 10.8. The number of aromatic nitrogens is 1. The second-order valence-electron chi connectivity index (χ2n) is 7.10. The van der Waals surface area contributed by atoms with Crippen LogP contribution in [0.5, 0.6) is 0 Å². The predicted octanol–water partition coefficient (Wildman–Crippen LogP) is 3.54. The number of guanidine groups is 1. The highest BCUT2D eigenvalue weighted by atomic mass is 16.1. The molecular weight excluding hydrogens is 374 g/mol. The Labute approximate surface area is 178 Å². The van der Waals surface area contributed by atoms with Gasteiger partial charge in [0.05, 0.1) is 6.54 Å². The molecule has 0 aliphatic carbocycles. The second kappa shape index (κ2) is 11.0. The van der Waals surface area contributed by atoms with Crippen LogP contribution in [-0.2, 0) is 13.1 Å². The number of benzene rings is 2. The van der Waals surface area contributed by atoms with E-state index in [1.54, 1.807) is 0 Å². The summed E-state index contributed by atoms with van der Waals surface area (Å²) in [5.41, 5.74) is 2.95. The Morgan fingerprint density at radius 3 is 2.63 bits per heavy atom. The fourth-order valence-corrected chi connectivity index (χ4v) is 3.38. The first kappa shape index (κ1) is 21.4. The van der Waals surface area contributed by atoms with Gasteiger partial charge in [-0.1, -0.05) is 30.3 Å². The van der Waals surface area contributed by atoms with Crippen molar-refractivity contribution >= 4 is 22.8 Å². The van der Waals surface area contributed by atoms with Crippen molar-refractivity contribution in [3.8, 4) is 0 Å². The van der Waals surface area contributed by atoms with Gasteiger partial charge in [0.15, 0.2) is 5.96 Å². The van der Waals surface area contributed by atoms with Crippen molar-refractivity contribution in [2.45, 2.75) is 33.4 Å². The van der Waals surface area contributed by atoms with Crippen LogP contribution in [0, 0.1) is 0 Å². The van der Waals surface area contributed by atoms with Gasteiger partial charge in [0.1, 0.15) is 0 Å². The van der Waals surface area contributed by atoms with E-state index in [2.05, 4.69) is 69.0 Å². The summed E-state index contributed by atoms with van der Waals surface area (Å²) in [6.45, 7) is 7.69. The molecule has 0 fully saturated rings. The minimum absolute atomic E-state index is 0.0501. The molecule has 0 spiro atoms. The topological polar surface area (TPSA) is 70.4 Å². The van der Waals surface area contributed by atoms with E-state index >= 15 is 0 Å². The number of nitrogens with zero attached hydrogens (tertiary/aromatic N) is 2. The van der Waals surface area contributed by atoms with Gasteiger partial charge in [0.2, 0.25) is 0 Å². The van der Waals surface area contributed by atoms with E-state index in [0.717, 1.165) is 37.6 Å². The van der Waals surface area contributed by atoms with Crippen molar-refractivity contribution in [1.82, 2.24) is 20.5 Å². The molecule has 3 aromatic rings. The SMILES string of the molecule is CCNC(=O)c1cccc(CN=C(NCC)NCCCn2ccc3ccccc32)c1. The number of rotatable bonds is 9. The quantitative estimate of drug-likeness (QED) is 0.290. The van der Waals surface area contributed by atoms with E-state index in [1.807, 2.05) is 31.2 Å². The van der Waals surface area contributed by atoms with Crippen molar-refractivity contribution in [2.24, 2.45) is 4.99 Å². The summed E-state index contributed by atoms with van der Waals surface area (Å²) >= 11 is 0. The van der Waals surface area contributed by atoms with Gasteiger partial charge in [-0.15, -0.1) is 0 Å². The molecule has 0 saturated heterocycles. The molecule has 3 rings (SSSR count). The van der Waals surface area contributed by atoms with Gasteiger partial charge in [-0.2, -0.15) is 0 Å². The molecule has 3 N–H and O–H groups in total. The van der Waals surface area contributed by atoms with E-state index in [9.17, 15) is 4.79 Å². The lowest BCUT2D eigenvalue weighted by molar-refractivity contribution is 0.0955. The number of aliphatic imine (C=N–C) groups is 1. The smallest absolute Gasteiger partial charge is 0.251 e. The summed E-state index contributed by atoms with van der Waals surface area (Å²) in [4.78, 5) is 16.7. The average Bonchev–Trinajstić information content (AvgIpc) is 3.18. The first-order valence-corrected chi connectivity index (χ1v) is 10.6. The van der Waals surface area contributed by atoms with Gasteiger partial charge in [-0.25, -0.2) is 4.99 Å². The Kier molecular flexibility index (Phi) is 7.89. The number of nitrogens with one attached hydrogen (secondary N) is 3. The summed E-state index contributed by atoms with van der Waals surface area (Å²) in [7, 11) is 0. The van der Waals surface area contributed by atoms with Crippen molar-refractivity contribution in [1.29, 1.82) is 0 Å². The fourth-order valence-electron chi connectivity index (χ4n) is 3.38. The van der Waals surface area contributed by atoms with Crippen LogP contribution in [-0.4, -0.2) is 36.1 Å². The third-order valence-electron chi connectivity index (χ3n) is 4.84. The Balaban J connectivity index is 1.53. The molecule has 158 valence electrons. The molecule has 0 bridgehead atoms. The first-order chi connectivity index (χ1) is 14.7. The fraction of sp³-hybridized carbons (Fsp3) is 0.333. The molecule has 0 saturated carbocycles. The molecular formula is C24H31N5O. The highest BCUT2D eigenvalue weighted by Crippen LogP contribution is 2.15. The largest absolute Gasteiger partial charge is 0.357 e. The zero-order valence-electron chi connectivity index (χ0n) is 17.8. The lowest BCUT2D eigenvalue weighted by Crippen LogP contribution is -2.38. The Morgan fingerprint density at radius 2 is 1.80 bits per heavy atom. The van der Waals surface area contributed by atoms with E-state index in [4.69, 9.17) is 0 Å². The molecule has 0 atom stereocenters. The molecule has 1 aromatic heterocycles. The van der Waals surface area contributed by atoms with E-state index in [-0.39, 0.29) is 5.91 Å². The highest BCUT2D eigenvalue weighted by Gasteiger charge is 2.05. The molecule has 0 aliphatic heterocycles. The van der Waals surface area contributed by atoms with Crippen LogP contribution in [0.25, 0.3) is 10.9 Å². The molecule has 0 aliphatic rings. The van der Waals surface area contributed by atoms with Gasteiger partial charge >= 0.3 is 0 Å². The van der Waals surface area contributed by atoms with Crippen LogP contribution in [0.1, 0.15) is 36.2 Å². The third kappa shape index (κ3) is 5.86. The van der Waals surface area contributed by atoms with Gasteiger partial charge in [-0.3, -0.25) is 4.79 Å². The van der Waals surface area contributed by atoms with Gasteiger partial charge < -0.3 is 20.5 Å². The maximum Gasteiger partial charge on any atom is 0.251 e. The zero-order valence-corrected chi connectivity index (χ0v) is 17.8.